The van der Waals surface area contributed by atoms with E-state index in [0.29, 0.717) is 19.9 Å². The molecule has 2 heterocycles. The van der Waals surface area contributed by atoms with Crippen LogP contribution in [0.4, 0.5) is 5.69 Å². The van der Waals surface area contributed by atoms with Crippen molar-refractivity contribution < 1.29 is 0 Å². The van der Waals surface area contributed by atoms with Crippen LogP contribution < -0.4 is 10.2 Å². The Bertz CT molecular complexity index is 380. The van der Waals surface area contributed by atoms with Crippen LogP contribution >= 0.6 is 0 Å². The van der Waals surface area contributed by atoms with Crippen LogP contribution in [0, 0.1) is 0 Å². The van der Waals surface area contributed by atoms with Gasteiger partial charge in [-0.15, -0.1) is 0 Å². The molecule has 1 fully saturated rings. The molecule has 0 aliphatic carbocycles. The number of hydrogen-bond acceptors (Lipinski definition) is 3. The normalized spacial score (nSPS) is 20.7. The van der Waals surface area contributed by atoms with E-state index in [9.17, 15) is 0 Å². The van der Waals surface area contributed by atoms with E-state index in [0.717, 1.165) is 19.6 Å². The minimum atomic E-state index is 0.583. The molecule has 1 N–H and O–H groups in total. The molecule has 104 valence electrons. The molecule has 0 aromatic carbocycles. The van der Waals surface area contributed by atoms with E-state index >= 15 is 0 Å². The molecule has 0 amide bonds. The average Bonchev–Trinajstić information content (AvgIpc) is 2.70. The van der Waals surface area contributed by atoms with E-state index in [2.05, 4.69) is 39.2 Å². The molecule has 3 nitrogen and oxygen atoms in total. The molecule has 0 radical (unpaired) electrons. The van der Waals surface area contributed by atoms with Crippen molar-refractivity contribution in [3.05, 3.63) is 35.6 Å². The summed E-state index contributed by atoms with van der Waals surface area (Å²) in [6.07, 6.45) is 9.84. The summed E-state index contributed by atoms with van der Waals surface area (Å²) >= 11 is 0.583. The minimum absolute atomic E-state index is 0.583. The van der Waals surface area contributed by atoms with Crippen LogP contribution in [0.25, 0.3) is 0 Å². The van der Waals surface area contributed by atoms with Gasteiger partial charge >= 0.3 is 122 Å². The van der Waals surface area contributed by atoms with Crippen LogP contribution in [-0.4, -0.2) is 44.5 Å². The summed E-state index contributed by atoms with van der Waals surface area (Å²) in [7, 11) is 0. The van der Waals surface area contributed by atoms with Crippen LogP contribution in [0.1, 0.15) is 26.2 Å². The van der Waals surface area contributed by atoms with Gasteiger partial charge in [0.05, 0.1) is 0 Å². The number of aromatic nitrogens is 1. The summed E-state index contributed by atoms with van der Waals surface area (Å²) in [5.74, 6) is 0. The van der Waals surface area contributed by atoms with Crippen LogP contribution in [0.2, 0.25) is 0 Å². The van der Waals surface area contributed by atoms with Crippen molar-refractivity contribution in [3.8, 4) is 0 Å². The first-order valence-corrected chi connectivity index (χ1v) is 9.07. The molecule has 1 aromatic rings. The van der Waals surface area contributed by atoms with E-state index in [1.807, 2.05) is 18.5 Å². The van der Waals surface area contributed by atoms with Crippen LogP contribution in [-0.2, 0) is 0 Å². The molecular weight excluding hydrogens is 301 g/mol. The predicted molar refractivity (Wildman–Crippen MR) is 82.7 cm³/mol. The maximum atomic E-state index is 4.21. The first kappa shape index (κ1) is 14.6. The second-order valence-electron chi connectivity index (χ2n) is 4.73. The van der Waals surface area contributed by atoms with Gasteiger partial charge in [-0.05, 0) is 0 Å². The molecule has 4 heteroatoms. The molecule has 0 saturated carbocycles. The molecule has 1 aliphatic rings. The summed E-state index contributed by atoms with van der Waals surface area (Å²) < 4.78 is 0. The molecule has 1 aliphatic heterocycles. The van der Waals surface area contributed by atoms with E-state index in [1.165, 1.54) is 24.9 Å². The zero-order valence-electron chi connectivity index (χ0n) is 11.6. The van der Waals surface area contributed by atoms with Gasteiger partial charge in [0.2, 0.25) is 0 Å². The van der Waals surface area contributed by atoms with Gasteiger partial charge in [-0.25, -0.2) is 0 Å². The van der Waals surface area contributed by atoms with Gasteiger partial charge in [-0.2, -0.15) is 0 Å². The van der Waals surface area contributed by atoms with E-state index in [4.69, 9.17) is 0 Å². The SMILES string of the molecule is CCCC=C[Se]C1CCN(c2cccnc2)CCN1. The predicted octanol–water partition coefficient (Wildman–Crippen LogP) is 2.23. The van der Waals surface area contributed by atoms with Crippen LogP contribution in [0.3, 0.4) is 0 Å². The molecule has 1 unspecified atom stereocenters. The molecule has 1 saturated heterocycles. The first-order chi connectivity index (χ1) is 9.40. The Morgan fingerprint density at radius 1 is 1.53 bits per heavy atom. The van der Waals surface area contributed by atoms with Gasteiger partial charge in [0, 0.05) is 0 Å². The van der Waals surface area contributed by atoms with Crippen molar-refractivity contribution in [2.75, 3.05) is 24.5 Å². The summed E-state index contributed by atoms with van der Waals surface area (Å²) in [5.41, 5.74) is 1.25. The fraction of sp³-hybridized carbons (Fsp3) is 0.533. The maximum absolute atomic E-state index is 4.21. The fourth-order valence-electron chi connectivity index (χ4n) is 2.15. The Kier molecular flexibility index (Phi) is 6.42. The Morgan fingerprint density at radius 3 is 3.26 bits per heavy atom. The van der Waals surface area contributed by atoms with Crippen molar-refractivity contribution in [3.63, 3.8) is 0 Å². The number of allylic oxidation sites excluding steroid dienone is 1. The van der Waals surface area contributed by atoms with Gasteiger partial charge in [-0.3, -0.25) is 0 Å². The number of hydrogen-bond donors (Lipinski definition) is 1. The van der Waals surface area contributed by atoms with Crippen molar-refractivity contribution in [2.24, 2.45) is 0 Å². The monoisotopic (exact) mass is 325 g/mol. The number of nitrogens with one attached hydrogen (secondary N) is 1. The van der Waals surface area contributed by atoms with Crippen molar-refractivity contribution >= 4 is 20.6 Å². The van der Waals surface area contributed by atoms with Gasteiger partial charge in [0.1, 0.15) is 0 Å². The second-order valence-corrected chi connectivity index (χ2v) is 7.06. The quantitative estimate of drug-likeness (QED) is 0.842. The van der Waals surface area contributed by atoms with E-state index in [1.54, 1.807) is 0 Å². The molecule has 0 bridgehead atoms. The third-order valence-electron chi connectivity index (χ3n) is 3.22. The Hall–Kier alpha value is -0.831. The number of rotatable bonds is 5. The Morgan fingerprint density at radius 2 is 2.47 bits per heavy atom. The number of nitrogens with zero attached hydrogens (tertiary/aromatic N) is 2. The Balaban J connectivity index is 1.81. The van der Waals surface area contributed by atoms with E-state index in [-0.39, 0.29) is 0 Å². The van der Waals surface area contributed by atoms with Crippen molar-refractivity contribution in [1.82, 2.24) is 10.3 Å². The second kappa shape index (κ2) is 8.36. The summed E-state index contributed by atoms with van der Waals surface area (Å²) in [6, 6.07) is 4.17. The summed E-state index contributed by atoms with van der Waals surface area (Å²) in [5, 5.41) is 3.67. The third kappa shape index (κ3) is 4.98. The average molecular weight is 324 g/mol. The molecular formula is C15H23N3Se. The summed E-state index contributed by atoms with van der Waals surface area (Å²) in [6.45, 7) is 5.51. The van der Waals surface area contributed by atoms with E-state index < -0.39 is 0 Å². The van der Waals surface area contributed by atoms with Crippen LogP contribution in [0.5, 0.6) is 0 Å². The molecule has 1 aromatic heterocycles. The van der Waals surface area contributed by atoms with Crippen molar-refractivity contribution in [1.29, 1.82) is 0 Å². The zero-order valence-corrected chi connectivity index (χ0v) is 13.3. The van der Waals surface area contributed by atoms with Gasteiger partial charge in [0.15, 0.2) is 0 Å². The van der Waals surface area contributed by atoms with Gasteiger partial charge in [0.25, 0.3) is 0 Å². The molecule has 2 rings (SSSR count). The number of pyridine rings is 1. The van der Waals surface area contributed by atoms with Gasteiger partial charge in [-0.1, -0.05) is 0 Å². The standard InChI is InChI=1S/C15H23N3Se/c1-2-3-4-12-19-15-7-10-18(11-9-17-15)14-6-5-8-16-13-14/h4-6,8,12-13,15,17H,2-3,7,9-11H2,1H3. The van der Waals surface area contributed by atoms with Crippen LogP contribution in [0.15, 0.2) is 35.6 Å². The fourth-order valence-corrected chi connectivity index (χ4v) is 4.02. The topological polar surface area (TPSA) is 28.2 Å². The molecule has 1 atom stereocenters. The molecule has 19 heavy (non-hydrogen) atoms. The zero-order chi connectivity index (χ0) is 13.3. The Labute approximate surface area is 122 Å². The van der Waals surface area contributed by atoms with Gasteiger partial charge < -0.3 is 0 Å². The first-order valence-electron chi connectivity index (χ1n) is 7.09. The van der Waals surface area contributed by atoms with Crippen molar-refractivity contribution in [2.45, 2.75) is 31.1 Å². The number of unbranched alkanes of at least 4 members (excludes halogenated alkanes) is 1. The number of anilines is 1. The third-order valence-corrected chi connectivity index (χ3v) is 5.49. The molecule has 0 spiro atoms. The summed E-state index contributed by atoms with van der Waals surface area (Å²) in [4.78, 5) is 9.73.